The van der Waals surface area contributed by atoms with Crippen LogP contribution in [0.1, 0.15) is 107 Å². The molecule has 0 radical (unpaired) electrons. The molecular weight excluding hydrogens is 1100 g/mol. The Bertz CT molecular complexity index is 2320. The smallest absolute Gasteiger partial charge is 0.303 e. The predicted octanol–water partition coefficient (Wildman–Crippen LogP) is -2.87. The number of aliphatic hydroxyl groups is 14. The second-order valence-electron chi connectivity index (χ2n) is 27.3. The van der Waals surface area contributed by atoms with Gasteiger partial charge in [-0.05, 0) is 84.4 Å². The van der Waals surface area contributed by atoms with E-state index < -0.39 is 212 Å². The lowest BCUT2D eigenvalue weighted by molar-refractivity contribution is -0.398. The summed E-state index contributed by atoms with van der Waals surface area (Å²) in [6, 6.07) is 0. The number of esters is 2. The van der Waals surface area contributed by atoms with Crippen LogP contribution in [-0.2, 0) is 57.0 Å². The van der Waals surface area contributed by atoms with E-state index in [1.807, 2.05) is 13.8 Å². The van der Waals surface area contributed by atoms with E-state index in [0.29, 0.717) is 38.5 Å². The standard InChI is InChI=1S/C57H92O26/c1-23(60)76-22-57-26(16-52(3,4)47(46(57)73)77-24(2)61)25-10-11-32-54(7)14-13-34(53(5,6)31(54)12-15-55(32,8)56(25,9)17-33(57)63)81-51-45(83-50-42(71)39(68)37(66)29(19-59)79-50)43(72)44(82-49-41(70)38(67)36(65)28(18-58)78-49)30(80-51)21-75-48-40(69)35(64)27(62)20-74-48/h10,26-51,58-59,62-73H,11-22H2,1-9H3. The maximum absolute atomic E-state index is 12.7. The predicted molar refractivity (Wildman–Crippen MR) is 280 cm³/mol. The molecule has 0 bridgehead atoms. The highest BCUT2D eigenvalue weighted by atomic mass is 16.8. The van der Waals surface area contributed by atoms with Crippen LogP contribution in [0.15, 0.2) is 11.6 Å². The van der Waals surface area contributed by atoms with Gasteiger partial charge in [0.25, 0.3) is 0 Å². The summed E-state index contributed by atoms with van der Waals surface area (Å²) in [5, 5.41) is 155. The number of hydrogen-bond donors (Lipinski definition) is 14. The molecule has 83 heavy (non-hydrogen) atoms. The van der Waals surface area contributed by atoms with E-state index in [1.165, 1.54) is 13.8 Å². The van der Waals surface area contributed by atoms with Gasteiger partial charge in [-0.15, -0.1) is 0 Å². The van der Waals surface area contributed by atoms with Gasteiger partial charge in [-0.25, -0.2) is 0 Å². The molecule has 14 N–H and O–H groups in total. The van der Waals surface area contributed by atoms with Crippen LogP contribution in [-0.4, -0.2) is 258 Å². The Hall–Kier alpha value is -2.20. The van der Waals surface area contributed by atoms with Crippen molar-refractivity contribution in [3.63, 3.8) is 0 Å². The summed E-state index contributed by atoms with van der Waals surface area (Å²) >= 11 is 0. The molecule has 0 aromatic rings. The summed E-state index contributed by atoms with van der Waals surface area (Å²) in [6.45, 7) is 14.3. The summed E-state index contributed by atoms with van der Waals surface area (Å²) < 4.78 is 60.6. The lowest BCUT2D eigenvalue weighted by atomic mass is 9.33. The normalized spacial score (nSPS) is 52.2. The minimum atomic E-state index is -2.00. The first-order valence-electron chi connectivity index (χ1n) is 29.3. The van der Waals surface area contributed by atoms with Gasteiger partial charge in [0.15, 0.2) is 25.2 Å². The average Bonchev–Trinajstić information content (AvgIpc) is 1.11. The number of carbonyl (C=O) groups excluding carboxylic acids is 2. The quantitative estimate of drug-likeness (QED) is 0.0472. The molecule has 26 nitrogen and oxygen atoms in total. The van der Waals surface area contributed by atoms with Crippen LogP contribution in [0.2, 0.25) is 0 Å². The van der Waals surface area contributed by atoms with Gasteiger partial charge in [-0.1, -0.05) is 60.1 Å². The number of aliphatic hydroxyl groups excluding tert-OH is 14. The Labute approximate surface area is 482 Å². The van der Waals surface area contributed by atoms with Crippen molar-refractivity contribution >= 4 is 11.9 Å². The average molecular weight is 1190 g/mol. The zero-order chi connectivity index (χ0) is 61.0. The number of carbonyl (C=O) groups is 2. The van der Waals surface area contributed by atoms with Crippen LogP contribution in [0, 0.1) is 50.2 Å². The number of ether oxygens (including phenoxy) is 10. The van der Waals surface area contributed by atoms with E-state index in [0.717, 1.165) is 5.57 Å². The fraction of sp³-hybridized carbons (Fsp3) is 0.930. The fourth-order valence-electron chi connectivity index (χ4n) is 17.1. The SMILES string of the molecule is CC(=O)OCC12C(O)CC3(C)C(=CCC4C5(C)CCC(OC6OC(COC7OCC(O)C(O)C7O)C(OC7OC(CO)C(O)C(O)C7O)C(O)C6OC6OC(CO)C(O)C(O)C6O)C(C)(C)C5CCC43C)C1CC(C)(C)C(OC(C)=O)C2O. The molecule has 0 spiro atoms. The van der Waals surface area contributed by atoms with Gasteiger partial charge in [0, 0.05) is 19.3 Å². The maximum atomic E-state index is 12.7. The van der Waals surface area contributed by atoms with Gasteiger partial charge in [0.1, 0.15) is 110 Å². The Morgan fingerprint density at radius 2 is 1.19 bits per heavy atom. The highest BCUT2D eigenvalue weighted by Gasteiger charge is 2.73. The van der Waals surface area contributed by atoms with E-state index in [4.69, 9.17) is 47.4 Å². The molecule has 30 unspecified atom stereocenters. The molecule has 5 aliphatic carbocycles. The van der Waals surface area contributed by atoms with E-state index in [9.17, 15) is 81.1 Å². The summed E-state index contributed by atoms with van der Waals surface area (Å²) in [7, 11) is 0. The number of allylic oxidation sites excluding steroid dienone is 2. The van der Waals surface area contributed by atoms with Crippen molar-refractivity contribution in [1.29, 1.82) is 0 Å². The van der Waals surface area contributed by atoms with E-state index >= 15 is 0 Å². The molecule has 4 aliphatic heterocycles. The molecule has 0 aromatic carbocycles. The van der Waals surface area contributed by atoms with Gasteiger partial charge < -0.3 is 119 Å². The molecule has 8 fully saturated rings. The molecule has 26 heteroatoms. The topological polar surface area (TPSA) is 410 Å². The van der Waals surface area contributed by atoms with Crippen LogP contribution in [0.3, 0.4) is 0 Å². The van der Waals surface area contributed by atoms with Crippen molar-refractivity contribution in [1.82, 2.24) is 0 Å². The molecule has 4 saturated heterocycles. The second kappa shape index (κ2) is 24.0. The van der Waals surface area contributed by atoms with Crippen LogP contribution >= 0.6 is 0 Å². The van der Waals surface area contributed by atoms with Crippen LogP contribution < -0.4 is 0 Å². The lowest BCUT2D eigenvalue weighted by Gasteiger charge is -2.72. The molecule has 0 aromatic heterocycles. The van der Waals surface area contributed by atoms with Gasteiger partial charge >= 0.3 is 11.9 Å². The van der Waals surface area contributed by atoms with Crippen LogP contribution in [0.5, 0.6) is 0 Å². The fourth-order valence-corrected chi connectivity index (χ4v) is 17.1. The van der Waals surface area contributed by atoms with Gasteiger partial charge in [0.2, 0.25) is 0 Å². The third-order valence-corrected chi connectivity index (χ3v) is 21.9. The van der Waals surface area contributed by atoms with E-state index in [1.54, 1.807) is 0 Å². The molecular formula is C57H92O26. The monoisotopic (exact) mass is 1190 g/mol. The van der Waals surface area contributed by atoms with Crippen molar-refractivity contribution in [2.75, 3.05) is 33.0 Å². The first kappa shape index (κ1) is 65.3. The van der Waals surface area contributed by atoms with Crippen LogP contribution in [0.25, 0.3) is 0 Å². The van der Waals surface area contributed by atoms with Crippen LogP contribution in [0.4, 0.5) is 0 Å². The summed E-state index contributed by atoms with van der Waals surface area (Å²) in [5.74, 6) is -1.65. The third kappa shape index (κ3) is 11.0. The number of hydrogen-bond acceptors (Lipinski definition) is 26. The minimum Gasteiger partial charge on any atom is -0.465 e. The number of rotatable bonds is 14. The molecule has 4 heterocycles. The highest BCUT2D eigenvalue weighted by Crippen LogP contribution is 2.76. The summed E-state index contributed by atoms with van der Waals surface area (Å²) in [4.78, 5) is 25.0. The zero-order valence-electron chi connectivity index (χ0n) is 48.7. The van der Waals surface area contributed by atoms with Crippen molar-refractivity contribution in [3.05, 3.63) is 11.6 Å². The third-order valence-electron chi connectivity index (χ3n) is 21.9. The van der Waals surface area contributed by atoms with Crippen molar-refractivity contribution in [3.8, 4) is 0 Å². The van der Waals surface area contributed by atoms with E-state index in [-0.39, 0.29) is 30.3 Å². The molecule has 9 aliphatic rings. The Kier molecular flexibility index (Phi) is 18.8. The first-order valence-corrected chi connectivity index (χ1v) is 29.3. The maximum Gasteiger partial charge on any atom is 0.303 e. The van der Waals surface area contributed by atoms with Crippen molar-refractivity contribution in [2.24, 2.45) is 50.2 Å². The molecule has 9 rings (SSSR count). The van der Waals surface area contributed by atoms with Gasteiger partial charge in [-0.3, -0.25) is 9.59 Å². The number of fused-ring (bicyclic) bond motifs is 7. The minimum absolute atomic E-state index is 0.0278. The summed E-state index contributed by atoms with van der Waals surface area (Å²) in [5.41, 5.74) is -3.23. The molecule has 4 saturated carbocycles. The highest BCUT2D eigenvalue weighted by molar-refractivity contribution is 5.66. The zero-order valence-corrected chi connectivity index (χ0v) is 48.7. The van der Waals surface area contributed by atoms with Gasteiger partial charge in [0.05, 0.1) is 44.1 Å². The molecule has 476 valence electrons. The van der Waals surface area contributed by atoms with E-state index in [2.05, 4.69) is 40.7 Å². The molecule has 0 amide bonds. The Morgan fingerprint density at radius 3 is 1.77 bits per heavy atom. The van der Waals surface area contributed by atoms with Crippen molar-refractivity contribution in [2.45, 2.75) is 248 Å². The van der Waals surface area contributed by atoms with Crippen molar-refractivity contribution < 1.29 is 128 Å². The lowest BCUT2D eigenvalue weighted by Crippen LogP contribution is -2.72. The largest absolute Gasteiger partial charge is 0.465 e. The second-order valence-corrected chi connectivity index (χ2v) is 27.3. The Morgan fingerprint density at radius 1 is 0.614 bits per heavy atom. The first-order chi connectivity index (χ1) is 38.7. The Balaban J connectivity index is 1.04. The summed E-state index contributed by atoms with van der Waals surface area (Å²) in [6.07, 6.45) is -31.8. The van der Waals surface area contributed by atoms with Gasteiger partial charge in [-0.2, -0.15) is 0 Å². The molecule has 30 atom stereocenters.